The first kappa shape index (κ1) is 17.3. The highest BCUT2D eigenvalue weighted by Crippen LogP contribution is 2.21. The van der Waals surface area contributed by atoms with E-state index in [2.05, 4.69) is 27.9 Å². The summed E-state index contributed by atoms with van der Waals surface area (Å²) in [7, 11) is 0. The molecule has 5 heteroatoms. The standard InChI is InChI=1S/C22H16ClN3O/c23-20-9-7-18(14-17(20)6-8-19-5-1-2-11-24-19)22(27)26-13-10-16-4-3-12-25-21(16)15-26/h1-5,7,9,11-12,14H,10,13,15H2. The highest BCUT2D eigenvalue weighted by molar-refractivity contribution is 6.31. The molecule has 0 N–H and O–H groups in total. The quantitative estimate of drug-likeness (QED) is 0.610. The van der Waals surface area contributed by atoms with Crippen molar-refractivity contribution in [2.45, 2.75) is 13.0 Å². The van der Waals surface area contributed by atoms with Gasteiger partial charge in [0.1, 0.15) is 5.69 Å². The third kappa shape index (κ3) is 3.84. The van der Waals surface area contributed by atoms with Gasteiger partial charge < -0.3 is 4.90 Å². The van der Waals surface area contributed by atoms with Gasteiger partial charge in [-0.1, -0.05) is 29.7 Å². The van der Waals surface area contributed by atoms with E-state index in [9.17, 15) is 4.79 Å². The molecule has 1 aromatic carbocycles. The second kappa shape index (κ2) is 7.61. The highest BCUT2D eigenvalue weighted by atomic mass is 35.5. The van der Waals surface area contributed by atoms with E-state index in [1.54, 1.807) is 30.6 Å². The summed E-state index contributed by atoms with van der Waals surface area (Å²) in [6, 6.07) is 14.7. The Balaban J connectivity index is 1.58. The van der Waals surface area contributed by atoms with Crippen molar-refractivity contribution in [3.8, 4) is 11.8 Å². The second-order valence-corrected chi connectivity index (χ2v) is 6.65. The van der Waals surface area contributed by atoms with Gasteiger partial charge in [-0.3, -0.25) is 9.78 Å². The summed E-state index contributed by atoms with van der Waals surface area (Å²) in [5, 5.41) is 0.514. The highest BCUT2D eigenvalue weighted by Gasteiger charge is 2.22. The van der Waals surface area contributed by atoms with Crippen molar-refractivity contribution in [3.63, 3.8) is 0 Å². The lowest BCUT2D eigenvalue weighted by Crippen LogP contribution is -2.36. The third-order valence-electron chi connectivity index (χ3n) is 4.47. The van der Waals surface area contributed by atoms with Gasteiger partial charge in [-0.25, -0.2) is 4.98 Å². The molecule has 1 amide bonds. The summed E-state index contributed by atoms with van der Waals surface area (Å²) in [6.45, 7) is 1.20. The Morgan fingerprint density at radius 3 is 2.78 bits per heavy atom. The maximum Gasteiger partial charge on any atom is 0.254 e. The van der Waals surface area contributed by atoms with Crippen LogP contribution in [0.2, 0.25) is 5.02 Å². The molecular formula is C22H16ClN3O. The van der Waals surface area contributed by atoms with Gasteiger partial charge in [-0.15, -0.1) is 0 Å². The number of carbonyl (C=O) groups is 1. The first-order valence-corrected chi connectivity index (χ1v) is 9.03. The van der Waals surface area contributed by atoms with Gasteiger partial charge in [0.25, 0.3) is 5.91 Å². The minimum absolute atomic E-state index is 0.0381. The Kier molecular flexibility index (Phi) is 4.86. The summed E-state index contributed by atoms with van der Waals surface area (Å²) in [4.78, 5) is 23.3. The van der Waals surface area contributed by atoms with Crippen LogP contribution < -0.4 is 0 Å². The van der Waals surface area contributed by atoms with Crippen LogP contribution in [0, 0.1) is 11.8 Å². The number of pyridine rings is 2. The summed E-state index contributed by atoms with van der Waals surface area (Å²) in [5.41, 5.74) is 4.01. The smallest absolute Gasteiger partial charge is 0.254 e. The van der Waals surface area contributed by atoms with Crippen LogP contribution in [0.5, 0.6) is 0 Å². The Morgan fingerprint density at radius 2 is 1.93 bits per heavy atom. The fourth-order valence-electron chi connectivity index (χ4n) is 3.03. The van der Waals surface area contributed by atoms with E-state index in [-0.39, 0.29) is 5.91 Å². The molecule has 0 aliphatic carbocycles. The predicted molar refractivity (Wildman–Crippen MR) is 104 cm³/mol. The SMILES string of the molecule is O=C(c1ccc(Cl)c(C#Cc2ccccn2)c1)N1CCc2cccnc2C1. The number of halogens is 1. The molecule has 0 radical (unpaired) electrons. The average Bonchev–Trinajstić information content (AvgIpc) is 2.73. The maximum atomic E-state index is 12.9. The zero-order valence-corrected chi connectivity index (χ0v) is 15.3. The number of hydrogen-bond donors (Lipinski definition) is 0. The molecule has 3 heterocycles. The number of hydrogen-bond acceptors (Lipinski definition) is 3. The van der Waals surface area contributed by atoms with E-state index in [0.29, 0.717) is 34.9 Å². The number of rotatable bonds is 1. The van der Waals surface area contributed by atoms with Gasteiger partial charge in [-0.2, -0.15) is 0 Å². The van der Waals surface area contributed by atoms with Crippen molar-refractivity contribution in [3.05, 3.63) is 94.0 Å². The molecule has 0 bridgehead atoms. The van der Waals surface area contributed by atoms with Gasteiger partial charge in [0.05, 0.1) is 17.3 Å². The molecule has 0 spiro atoms. The molecule has 0 saturated heterocycles. The van der Waals surface area contributed by atoms with E-state index >= 15 is 0 Å². The van der Waals surface area contributed by atoms with E-state index in [0.717, 1.165) is 12.1 Å². The lowest BCUT2D eigenvalue weighted by molar-refractivity contribution is 0.0732. The van der Waals surface area contributed by atoms with Crippen LogP contribution in [0.1, 0.15) is 32.9 Å². The molecular weight excluding hydrogens is 358 g/mol. The summed E-state index contributed by atoms with van der Waals surface area (Å²) in [5.74, 6) is 5.96. The Morgan fingerprint density at radius 1 is 1.04 bits per heavy atom. The summed E-state index contributed by atoms with van der Waals surface area (Å²) < 4.78 is 0. The van der Waals surface area contributed by atoms with E-state index in [1.807, 2.05) is 29.2 Å². The molecule has 1 aliphatic heterocycles. The maximum absolute atomic E-state index is 12.9. The van der Waals surface area contributed by atoms with Crippen LogP contribution in [0.15, 0.2) is 60.9 Å². The van der Waals surface area contributed by atoms with Gasteiger partial charge in [-0.05, 0) is 54.3 Å². The minimum atomic E-state index is -0.0381. The fourth-order valence-corrected chi connectivity index (χ4v) is 3.20. The van der Waals surface area contributed by atoms with Crippen LogP contribution in [0.4, 0.5) is 0 Å². The van der Waals surface area contributed by atoms with Crippen LogP contribution >= 0.6 is 11.6 Å². The molecule has 1 aliphatic rings. The van der Waals surface area contributed by atoms with Crippen molar-refractivity contribution < 1.29 is 4.79 Å². The second-order valence-electron chi connectivity index (χ2n) is 6.25. The third-order valence-corrected chi connectivity index (χ3v) is 4.80. The van der Waals surface area contributed by atoms with Crippen LogP contribution in [0.3, 0.4) is 0 Å². The molecule has 3 aromatic rings. The minimum Gasteiger partial charge on any atom is -0.332 e. The normalized spacial score (nSPS) is 12.7. The first-order valence-electron chi connectivity index (χ1n) is 8.65. The van der Waals surface area contributed by atoms with Gasteiger partial charge in [0.15, 0.2) is 0 Å². The average molecular weight is 374 g/mol. The molecule has 27 heavy (non-hydrogen) atoms. The Hall–Kier alpha value is -3.16. The van der Waals surface area contributed by atoms with E-state index < -0.39 is 0 Å². The zero-order chi connectivity index (χ0) is 18.6. The lowest BCUT2D eigenvalue weighted by atomic mass is 10.0. The monoisotopic (exact) mass is 373 g/mol. The first-order chi connectivity index (χ1) is 13.2. The van der Waals surface area contributed by atoms with E-state index in [1.165, 1.54) is 5.56 Å². The predicted octanol–water partition coefficient (Wildman–Crippen LogP) is 3.73. The zero-order valence-electron chi connectivity index (χ0n) is 14.5. The fraction of sp³-hybridized carbons (Fsp3) is 0.136. The Bertz CT molecular complexity index is 1050. The van der Waals surface area contributed by atoms with Gasteiger partial charge in [0.2, 0.25) is 0 Å². The largest absolute Gasteiger partial charge is 0.332 e. The van der Waals surface area contributed by atoms with Crippen LogP contribution in [0.25, 0.3) is 0 Å². The van der Waals surface area contributed by atoms with Gasteiger partial charge >= 0.3 is 0 Å². The van der Waals surface area contributed by atoms with Crippen molar-refractivity contribution in [1.82, 2.24) is 14.9 Å². The van der Waals surface area contributed by atoms with Crippen LogP contribution in [-0.2, 0) is 13.0 Å². The number of carbonyl (C=O) groups excluding carboxylic acids is 1. The molecule has 0 fully saturated rings. The number of aromatic nitrogens is 2. The van der Waals surface area contributed by atoms with Crippen LogP contribution in [-0.4, -0.2) is 27.3 Å². The summed E-state index contributed by atoms with van der Waals surface area (Å²) in [6.07, 6.45) is 4.27. The summed E-state index contributed by atoms with van der Waals surface area (Å²) >= 11 is 6.26. The van der Waals surface area contributed by atoms with Crippen molar-refractivity contribution in [1.29, 1.82) is 0 Å². The molecule has 2 aromatic heterocycles. The van der Waals surface area contributed by atoms with E-state index in [4.69, 9.17) is 11.6 Å². The molecule has 0 unspecified atom stereocenters. The van der Waals surface area contributed by atoms with Crippen molar-refractivity contribution >= 4 is 17.5 Å². The van der Waals surface area contributed by atoms with Crippen molar-refractivity contribution in [2.24, 2.45) is 0 Å². The van der Waals surface area contributed by atoms with Crippen molar-refractivity contribution in [2.75, 3.05) is 6.54 Å². The number of fused-ring (bicyclic) bond motifs is 1. The number of nitrogens with zero attached hydrogens (tertiary/aromatic N) is 3. The topological polar surface area (TPSA) is 46.1 Å². The number of amides is 1. The molecule has 132 valence electrons. The molecule has 4 rings (SSSR count). The molecule has 0 atom stereocenters. The Labute approximate surface area is 162 Å². The number of benzene rings is 1. The van der Waals surface area contributed by atoms with Gasteiger partial charge in [0, 0.05) is 30.1 Å². The lowest BCUT2D eigenvalue weighted by Gasteiger charge is -2.28. The molecule has 4 nitrogen and oxygen atoms in total. The molecule has 0 saturated carbocycles.